The molecule has 1 aliphatic heterocycles. The Kier molecular flexibility index (Phi) is 7.11. The van der Waals surface area contributed by atoms with E-state index in [1.54, 1.807) is 13.8 Å². The normalized spacial score (nSPS) is 46.5. The van der Waals surface area contributed by atoms with E-state index in [0.29, 0.717) is 41.7 Å². The van der Waals surface area contributed by atoms with Crippen LogP contribution in [0, 0.1) is 45.3 Å². The van der Waals surface area contributed by atoms with Crippen molar-refractivity contribution in [3.63, 3.8) is 0 Å². The second-order valence-electron chi connectivity index (χ2n) is 16.1. The maximum atomic E-state index is 12.5. The Morgan fingerprint density at radius 3 is 2.44 bits per heavy atom. The molecule has 5 aliphatic carbocycles. The molecule has 0 aromatic rings. The van der Waals surface area contributed by atoms with Gasteiger partial charge in [-0.15, -0.1) is 0 Å². The van der Waals surface area contributed by atoms with Crippen LogP contribution in [0.2, 0.25) is 0 Å². The summed E-state index contributed by atoms with van der Waals surface area (Å²) in [6.07, 6.45) is 10.3. The van der Waals surface area contributed by atoms with E-state index < -0.39 is 11.7 Å². The fourth-order valence-corrected chi connectivity index (χ4v) is 11.9. The van der Waals surface area contributed by atoms with Crippen LogP contribution in [0.3, 0.4) is 0 Å². The van der Waals surface area contributed by atoms with Gasteiger partial charge >= 0.3 is 12.1 Å². The first-order valence-corrected chi connectivity index (χ1v) is 16.4. The minimum Gasteiger partial charge on any atom is -0.457 e. The minimum absolute atomic E-state index is 0.0453. The maximum absolute atomic E-state index is 12.5. The Balaban J connectivity index is 1.19. The van der Waals surface area contributed by atoms with Crippen molar-refractivity contribution in [1.82, 2.24) is 5.32 Å². The number of hydrogen-bond donors (Lipinski definition) is 3. The molecule has 6 aliphatic rings. The summed E-state index contributed by atoms with van der Waals surface area (Å²) >= 11 is 0. The van der Waals surface area contributed by atoms with E-state index in [4.69, 9.17) is 19.9 Å². The largest absolute Gasteiger partial charge is 0.457 e. The van der Waals surface area contributed by atoms with Gasteiger partial charge in [0, 0.05) is 25.4 Å². The molecule has 0 aromatic carbocycles. The summed E-state index contributed by atoms with van der Waals surface area (Å²) in [5.74, 6) is 2.12. The van der Waals surface area contributed by atoms with Crippen LogP contribution in [0.1, 0.15) is 106 Å². The van der Waals surface area contributed by atoms with Crippen molar-refractivity contribution in [1.29, 1.82) is 0 Å². The topological polar surface area (TPSA) is 120 Å². The van der Waals surface area contributed by atoms with Gasteiger partial charge in [0.2, 0.25) is 0 Å². The molecule has 8 heteroatoms. The number of aliphatic hydroxyl groups is 1. The highest BCUT2D eigenvalue weighted by Gasteiger charge is 2.81. The molecular weight excluding hydrogens is 520 g/mol. The van der Waals surface area contributed by atoms with Gasteiger partial charge < -0.3 is 30.4 Å². The molecule has 6 fully saturated rings. The van der Waals surface area contributed by atoms with Crippen LogP contribution >= 0.6 is 0 Å². The van der Waals surface area contributed by atoms with Crippen molar-refractivity contribution in [3.8, 4) is 0 Å². The Morgan fingerprint density at radius 1 is 1.02 bits per heavy atom. The van der Waals surface area contributed by atoms with Crippen molar-refractivity contribution in [2.75, 3.05) is 13.1 Å². The van der Waals surface area contributed by atoms with Crippen LogP contribution in [0.25, 0.3) is 0 Å². The summed E-state index contributed by atoms with van der Waals surface area (Å²) in [6, 6.07) is 0. The predicted octanol–water partition coefficient (Wildman–Crippen LogP) is 4.95. The molecule has 2 spiro atoms. The highest BCUT2D eigenvalue weighted by molar-refractivity contribution is 5.67. The summed E-state index contributed by atoms with van der Waals surface area (Å²) in [4.78, 5) is 24.3. The van der Waals surface area contributed by atoms with E-state index in [2.05, 4.69) is 26.1 Å². The van der Waals surface area contributed by atoms with Crippen LogP contribution < -0.4 is 11.1 Å². The number of carbonyl (C=O) groups excluding carboxylic acids is 2. The first-order valence-electron chi connectivity index (χ1n) is 16.4. The molecule has 8 nitrogen and oxygen atoms in total. The van der Waals surface area contributed by atoms with Crippen LogP contribution in [-0.4, -0.2) is 60.3 Å². The van der Waals surface area contributed by atoms with Crippen LogP contribution in [0.15, 0.2) is 0 Å². The number of rotatable bonds is 6. The van der Waals surface area contributed by atoms with Crippen molar-refractivity contribution in [2.45, 2.75) is 136 Å². The Morgan fingerprint density at radius 2 is 1.76 bits per heavy atom. The second-order valence-corrected chi connectivity index (χ2v) is 16.1. The number of ether oxygens (including phenoxy) is 3. The first-order chi connectivity index (χ1) is 19.2. The number of nitrogens with two attached hydrogens (primary N) is 1. The number of esters is 1. The van der Waals surface area contributed by atoms with Gasteiger partial charge in [-0.2, -0.15) is 0 Å². The monoisotopic (exact) mass is 574 g/mol. The molecule has 6 rings (SSSR count). The van der Waals surface area contributed by atoms with Crippen LogP contribution in [-0.2, 0) is 19.0 Å². The highest BCUT2D eigenvalue weighted by atomic mass is 16.6. The molecule has 1 saturated heterocycles. The summed E-state index contributed by atoms with van der Waals surface area (Å²) in [5, 5.41) is 13.6. The zero-order chi connectivity index (χ0) is 29.6. The Hall–Kier alpha value is -1.38. The number of amides is 1. The summed E-state index contributed by atoms with van der Waals surface area (Å²) in [7, 11) is 0. The first kappa shape index (κ1) is 29.7. The highest BCUT2D eigenvalue weighted by Crippen LogP contribution is 2.87. The van der Waals surface area contributed by atoms with Crippen LogP contribution in [0.5, 0.6) is 0 Å². The van der Waals surface area contributed by atoms with E-state index in [9.17, 15) is 14.7 Å². The molecule has 1 heterocycles. The zero-order valence-electron chi connectivity index (χ0n) is 26.2. The zero-order valence-corrected chi connectivity index (χ0v) is 26.2. The van der Waals surface area contributed by atoms with E-state index in [1.807, 2.05) is 0 Å². The maximum Gasteiger partial charge on any atom is 0.407 e. The quantitative estimate of drug-likeness (QED) is 0.384. The fourth-order valence-electron chi connectivity index (χ4n) is 11.9. The Labute approximate surface area is 246 Å². The molecule has 232 valence electrons. The Bertz CT molecular complexity index is 1060. The van der Waals surface area contributed by atoms with Crippen molar-refractivity contribution in [2.24, 2.45) is 51.1 Å². The lowest BCUT2D eigenvalue weighted by Gasteiger charge is -2.59. The second kappa shape index (κ2) is 9.82. The smallest absolute Gasteiger partial charge is 0.407 e. The van der Waals surface area contributed by atoms with Gasteiger partial charge in [0.05, 0.1) is 17.8 Å². The number of alkyl carbamates (subject to hydrolysis) is 1. The predicted molar refractivity (Wildman–Crippen MR) is 155 cm³/mol. The molecule has 8 unspecified atom stereocenters. The van der Waals surface area contributed by atoms with Gasteiger partial charge in [-0.1, -0.05) is 20.8 Å². The molecule has 5 saturated carbocycles. The molecule has 41 heavy (non-hydrogen) atoms. The molecule has 11 atom stereocenters. The lowest BCUT2D eigenvalue weighted by atomic mass is 9.46. The van der Waals surface area contributed by atoms with Crippen molar-refractivity contribution in [3.05, 3.63) is 0 Å². The third-order valence-corrected chi connectivity index (χ3v) is 13.5. The SMILES string of the molecule is CC(=O)O[C@@H](C1CCC2C(CC3C4CCC5C(C)(C)[C@@H](OC(=O)NCCN)CCC56C[C@@]46CCC23C)O1)C(C)(C)O. The molecule has 0 bridgehead atoms. The van der Waals surface area contributed by atoms with Crippen LogP contribution in [0.4, 0.5) is 4.79 Å². The number of carbonyl (C=O) groups is 2. The van der Waals surface area contributed by atoms with E-state index >= 15 is 0 Å². The average molecular weight is 575 g/mol. The molecule has 4 N–H and O–H groups in total. The van der Waals surface area contributed by atoms with Gasteiger partial charge in [-0.3, -0.25) is 4.79 Å². The van der Waals surface area contributed by atoms with Gasteiger partial charge in [-0.25, -0.2) is 4.79 Å². The summed E-state index contributed by atoms with van der Waals surface area (Å²) < 4.78 is 18.4. The fraction of sp³-hybridized carbons (Fsp3) is 0.939. The number of nitrogens with one attached hydrogen (secondary N) is 1. The average Bonchev–Trinajstić information content (AvgIpc) is 3.47. The molecule has 1 amide bonds. The van der Waals surface area contributed by atoms with E-state index in [1.165, 1.54) is 39.0 Å². The lowest BCUT2D eigenvalue weighted by Crippen LogP contribution is -2.55. The minimum atomic E-state index is -1.15. The third kappa shape index (κ3) is 4.39. The van der Waals surface area contributed by atoms with Gasteiger partial charge in [0.15, 0.2) is 6.10 Å². The molecule has 0 aromatic heterocycles. The molecular formula is C33H54N2O6. The van der Waals surface area contributed by atoms with Gasteiger partial charge in [0.25, 0.3) is 0 Å². The summed E-state index contributed by atoms with van der Waals surface area (Å²) in [5.41, 5.74) is 5.46. The van der Waals surface area contributed by atoms with Crippen molar-refractivity contribution < 1.29 is 28.9 Å². The standard InChI is InChI=1S/C33H54N2O6/c1-19(36)39-27(30(4,5)38)23-9-7-21-24(40-23)17-22-20-8-10-25-29(2,3)26(41-28(37)35-16-15-34)11-12-33(25)18-32(20,33)14-13-31(21,22)6/h20-27,38H,7-18,34H2,1-6H3,(H,35,37)/t20?,21?,22?,23?,24?,25?,26-,27-,31?,32-,33?/m0/s1. The van der Waals surface area contributed by atoms with Crippen molar-refractivity contribution >= 4 is 12.1 Å². The van der Waals surface area contributed by atoms with Gasteiger partial charge in [-0.05, 0) is 118 Å². The van der Waals surface area contributed by atoms with Gasteiger partial charge in [0.1, 0.15) is 6.10 Å². The lowest BCUT2D eigenvalue weighted by molar-refractivity contribution is -0.200. The number of fused-ring (bicyclic) bond motifs is 4. The van der Waals surface area contributed by atoms with E-state index in [-0.39, 0.29) is 41.2 Å². The molecule has 0 radical (unpaired) electrons. The summed E-state index contributed by atoms with van der Waals surface area (Å²) in [6.45, 7) is 12.9. The third-order valence-electron chi connectivity index (χ3n) is 13.5. The van der Waals surface area contributed by atoms with E-state index in [0.717, 1.165) is 38.0 Å². The number of hydrogen-bond acceptors (Lipinski definition) is 7.